The Hall–Kier alpha value is -4.20. The van der Waals surface area contributed by atoms with Gasteiger partial charge < -0.3 is 16.4 Å². The maximum absolute atomic E-state index is 13.8. The Morgan fingerprint density at radius 3 is 2.30 bits per heavy atom. The molecule has 8 heteroatoms. The van der Waals surface area contributed by atoms with E-state index in [4.69, 9.17) is 16.9 Å². The Kier molecular flexibility index (Phi) is 7.57. The van der Waals surface area contributed by atoms with Crippen molar-refractivity contribution >= 4 is 34.5 Å². The monoisotopic (exact) mass is 499 g/mol. The van der Waals surface area contributed by atoms with Gasteiger partial charge in [0, 0.05) is 18.5 Å². The number of hydrogen-bond acceptors (Lipinski definition) is 4. The van der Waals surface area contributed by atoms with E-state index >= 15 is 0 Å². The number of primary amides is 1. The van der Waals surface area contributed by atoms with Gasteiger partial charge in [-0.05, 0) is 53.8 Å². The molecular weight excluding hydrogens is 466 g/mol. The second-order valence-electron chi connectivity index (χ2n) is 9.70. The molecule has 1 aliphatic heterocycles. The third kappa shape index (κ3) is 5.33. The molecule has 0 bridgehead atoms. The van der Waals surface area contributed by atoms with E-state index in [1.807, 2.05) is 67.6 Å². The van der Waals surface area contributed by atoms with Gasteiger partial charge in [0.25, 0.3) is 5.91 Å². The first-order chi connectivity index (χ1) is 17.7. The predicted octanol–water partition coefficient (Wildman–Crippen LogP) is 4.24. The Bertz CT molecular complexity index is 1340. The number of nitrogen functional groups attached to an aromatic ring is 1. The average molecular weight is 500 g/mol. The normalized spacial score (nSPS) is 17.5. The summed E-state index contributed by atoms with van der Waals surface area (Å²) in [7, 11) is 0. The molecule has 0 radical (unpaired) electrons. The molecule has 1 unspecified atom stereocenters. The van der Waals surface area contributed by atoms with Crippen LogP contribution in [0.4, 0.5) is 4.79 Å². The lowest BCUT2D eigenvalue weighted by atomic mass is 9.90. The maximum atomic E-state index is 13.8. The molecule has 8 nitrogen and oxygen atoms in total. The van der Waals surface area contributed by atoms with Gasteiger partial charge in [0.2, 0.25) is 5.91 Å². The van der Waals surface area contributed by atoms with E-state index in [1.54, 1.807) is 11.0 Å². The number of amidine groups is 1. The minimum Gasteiger partial charge on any atom is -0.384 e. The number of carbonyl (C=O) groups excluding carboxylic acids is 3. The van der Waals surface area contributed by atoms with Crippen LogP contribution in [0, 0.1) is 5.41 Å². The van der Waals surface area contributed by atoms with E-state index in [2.05, 4.69) is 0 Å². The van der Waals surface area contributed by atoms with Crippen molar-refractivity contribution in [3.05, 3.63) is 83.4 Å². The molecule has 0 spiro atoms. The van der Waals surface area contributed by atoms with Crippen LogP contribution in [-0.4, -0.2) is 40.0 Å². The van der Waals surface area contributed by atoms with Gasteiger partial charge >= 0.3 is 6.03 Å². The van der Waals surface area contributed by atoms with Crippen molar-refractivity contribution in [1.29, 1.82) is 5.41 Å². The van der Waals surface area contributed by atoms with Gasteiger partial charge in [-0.1, -0.05) is 67.4 Å². The highest BCUT2D eigenvalue weighted by Crippen LogP contribution is 2.38. The number of carbonyl (C=O) groups is 3. The molecule has 0 aliphatic carbocycles. The molecule has 3 aromatic carbocycles. The number of benzene rings is 3. The number of amides is 4. The number of rotatable bonds is 11. The van der Waals surface area contributed by atoms with Crippen molar-refractivity contribution in [2.45, 2.75) is 51.1 Å². The molecule has 0 saturated carbocycles. The van der Waals surface area contributed by atoms with Crippen LogP contribution in [0.5, 0.6) is 0 Å². The third-order valence-corrected chi connectivity index (χ3v) is 7.11. The highest BCUT2D eigenvalue weighted by atomic mass is 16.2. The van der Waals surface area contributed by atoms with Crippen molar-refractivity contribution < 1.29 is 14.4 Å². The van der Waals surface area contributed by atoms with E-state index in [9.17, 15) is 14.4 Å². The second-order valence-corrected chi connectivity index (χ2v) is 9.70. The van der Waals surface area contributed by atoms with Gasteiger partial charge in [-0.15, -0.1) is 0 Å². The zero-order valence-electron chi connectivity index (χ0n) is 21.1. The Morgan fingerprint density at radius 2 is 1.59 bits per heavy atom. The summed E-state index contributed by atoms with van der Waals surface area (Å²) in [6, 6.07) is 20.4. The van der Waals surface area contributed by atoms with Crippen LogP contribution in [0.1, 0.15) is 55.7 Å². The Morgan fingerprint density at radius 1 is 0.892 bits per heavy atom. The zero-order valence-corrected chi connectivity index (χ0v) is 21.1. The Balaban J connectivity index is 1.57. The van der Waals surface area contributed by atoms with Crippen LogP contribution in [-0.2, 0) is 21.7 Å². The molecule has 1 atom stereocenters. The van der Waals surface area contributed by atoms with Crippen LogP contribution in [0.25, 0.3) is 10.8 Å². The van der Waals surface area contributed by atoms with Gasteiger partial charge in [-0.25, -0.2) is 4.79 Å². The van der Waals surface area contributed by atoms with E-state index in [1.165, 1.54) is 4.90 Å². The van der Waals surface area contributed by atoms with Gasteiger partial charge in [0.15, 0.2) is 0 Å². The van der Waals surface area contributed by atoms with E-state index in [0.717, 1.165) is 47.6 Å². The third-order valence-electron chi connectivity index (χ3n) is 7.11. The summed E-state index contributed by atoms with van der Waals surface area (Å²) < 4.78 is 0. The van der Waals surface area contributed by atoms with E-state index in [0.29, 0.717) is 18.5 Å². The average Bonchev–Trinajstić information content (AvgIpc) is 3.07. The molecule has 1 fully saturated rings. The van der Waals surface area contributed by atoms with Crippen LogP contribution < -0.4 is 11.5 Å². The molecule has 4 rings (SSSR count). The largest absolute Gasteiger partial charge is 0.384 e. The van der Waals surface area contributed by atoms with Crippen molar-refractivity contribution in [2.75, 3.05) is 6.54 Å². The van der Waals surface area contributed by atoms with Crippen molar-refractivity contribution in [2.24, 2.45) is 11.5 Å². The predicted molar refractivity (Wildman–Crippen MR) is 144 cm³/mol. The van der Waals surface area contributed by atoms with Crippen LogP contribution >= 0.6 is 0 Å². The number of nitrogens with two attached hydrogens (primary N) is 2. The molecule has 1 aliphatic rings. The molecule has 5 N–H and O–H groups in total. The molecule has 192 valence electrons. The number of nitrogens with zero attached hydrogens (tertiary/aromatic N) is 2. The summed E-state index contributed by atoms with van der Waals surface area (Å²) in [5.74, 6) is -0.574. The fourth-order valence-electron chi connectivity index (χ4n) is 4.97. The lowest BCUT2D eigenvalue weighted by molar-refractivity contribution is -0.133. The van der Waals surface area contributed by atoms with E-state index < -0.39 is 5.54 Å². The first-order valence-electron chi connectivity index (χ1n) is 12.6. The minimum absolute atomic E-state index is 0.0129. The zero-order chi connectivity index (χ0) is 26.6. The fraction of sp³-hybridized carbons (Fsp3) is 0.310. The molecule has 3 aromatic rings. The van der Waals surface area contributed by atoms with Gasteiger partial charge in [0.05, 0.1) is 6.54 Å². The van der Waals surface area contributed by atoms with Crippen molar-refractivity contribution in [3.8, 4) is 0 Å². The first-order valence-corrected chi connectivity index (χ1v) is 12.6. The SMILES string of the molecule is CC1(c2ccccc2)C(=O)N(Cc2ccc3ccc(C(=N)N)cc3c2)C(=O)N1CCCCCCC(N)=O. The quantitative estimate of drug-likeness (QED) is 0.157. The van der Waals surface area contributed by atoms with E-state index in [-0.39, 0.29) is 30.2 Å². The molecular formula is C29H33N5O3. The summed E-state index contributed by atoms with van der Waals surface area (Å²) in [5.41, 5.74) is 12.0. The molecule has 0 aromatic heterocycles. The second kappa shape index (κ2) is 10.8. The van der Waals surface area contributed by atoms with Crippen LogP contribution in [0.15, 0.2) is 66.7 Å². The summed E-state index contributed by atoms with van der Waals surface area (Å²) >= 11 is 0. The standard InChI is InChI=1S/C29H33N5O3/c1-29(24-9-5-4-6-10-24)27(36)33(28(37)34(29)16-8-3-2-7-11-25(30)35)19-20-12-13-21-14-15-22(26(31)32)18-23(21)17-20/h4-6,9-10,12-15,17-18H,2-3,7-8,11,16,19H2,1H3,(H2,30,35)(H3,31,32). The highest BCUT2D eigenvalue weighted by molar-refractivity contribution is 6.07. The van der Waals surface area contributed by atoms with Crippen LogP contribution in [0.2, 0.25) is 0 Å². The fourth-order valence-corrected chi connectivity index (χ4v) is 4.97. The molecule has 1 heterocycles. The number of imide groups is 1. The molecule has 1 saturated heterocycles. The van der Waals surface area contributed by atoms with Crippen molar-refractivity contribution in [1.82, 2.24) is 9.80 Å². The van der Waals surface area contributed by atoms with Gasteiger partial charge in [-0.2, -0.15) is 0 Å². The number of hydrogen-bond donors (Lipinski definition) is 3. The lowest BCUT2D eigenvalue weighted by Gasteiger charge is -2.32. The minimum atomic E-state index is -1.11. The highest BCUT2D eigenvalue weighted by Gasteiger charge is 2.54. The van der Waals surface area contributed by atoms with Crippen LogP contribution in [0.3, 0.4) is 0 Å². The summed E-state index contributed by atoms with van der Waals surface area (Å²) in [6.45, 7) is 2.40. The lowest BCUT2D eigenvalue weighted by Crippen LogP contribution is -2.44. The maximum Gasteiger partial charge on any atom is 0.328 e. The number of unbranched alkanes of at least 4 members (excludes halogenated alkanes) is 3. The molecule has 4 amide bonds. The summed E-state index contributed by atoms with van der Waals surface area (Å²) in [4.78, 5) is 41.5. The van der Waals surface area contributed by atoms with Gasteiger partial charge in [0.1, 0.15) is 11.4 Å². The van der Waals surface area contributed by atoms with Crippen molar-refractivity contribution in [3.63, 3.8) is 0 Å². The van der Waals surface area contributed by atoms with Gasteiger partial charge in [-0.3, -0.25) is 19.9 Å². The first kappa shape index (κ1) is 25.9. The Labute approximate surface area is 216 Å². The smallest absolute Gasteiger partial charge is 0.328 e. The number of urea groups is 1. The topological polar surface area (TPSA) is 134 Å². The summed E-state index contributed by atoms with van der Waals surface area (Å²) in [5, 5.41) is 9.59. The summed E-state index contributed by atoms with van der Waals surface area (Å²) in [6.07, 6.45) is 3.47. The number of nitrogens with one attached hydrogen (secondary N) is 1. The number of fused-ring (bicyclic) bond motifs is 1. The molecule has 37 heavy (non-hydrogen) atoms.